The molecule has 2 aromatic rings. The molecule has 154 valence electrons. The zero-order valence-electron chi connectivity index (χ0n) is 16.5. The van der Waals surface area contributed by atoms with Gasteiger partial charge >= 0.3 is 11.9 Å². The van der Waals surface area contributed by atoms with E-state index in [4.69, 9.17) is 14.2 Å². The van der Waals surface area contributed by atoms with Crippen molar-refractivity contribution < 1.29 is 33.4 Å². The fraction of sp³-hybridized carbons (Fsp3) is 0.300. The van der Waals surface area contributed by atoms with Crippen LogP contribution < -0.4 is 10.1 Å². The molecule has 2 rings (SSSR count). The molecule has 1 heterocycles. The second-order valence-corrected chi connectivity index (χ2v) is 6.91. The molecular weight excluding hydrogens is 398 g/mol. The summed E-state index contributed by atoms with van der Waals surface area (Å²) in [5, 5.41) is 2.69. The Morgan fingerprint density at radius 2 is 1.83 bits per heavy atom. The van der Waals surface area contributed by atoms with Gasteiger partial charge in [-0.25, -0.2) is 9.59 Å². The van der Waals surface area contributed by atoms with Crippen LogP contribution >= 0.6 is 11.3 Å². The third-order valence-electron chi connectivity index (χ3n) is 3.84. The van der Waals surface area contributed by atoms with Gasteiger partial charge in [-0.05, 0) is 44.5 Å². The number of nitrogens with one attached hydrogen (secondary N) is 1. The van der Waals surface area contributed by atoms with E-state index in [9.17, 15) is 19.2 Å². The second-order valence-electron chi connectivity index (χ2n) is 5.89. The minimum Gasteiger partial charge on any atom is -0.497 e. The van der Waals surface area contributed by atoms with Crippen molar-refractivity contribution in [3.05, 3.63) is 45.8 Å². The van der Waals surface area contributed by atoms with E-state index in [-0.39, 0.29) is 28.5 Å². The monoisotopic (exact) mass is 419 g/mol. The number of carbonyl (C=O) groups is 4. The van der Waals surface area contributed by atoms with Gasteiger partial charge in [0, 0.05) is 0 Å². The van der Waals surface area contributed by atoms with E-state index < -0.39 is 24.5 Å². The highest BCUT2D eigenvalue weighted by molar-refractivity contribution is 7.18. The number of hydrogen-bond donors (Lipinski definition) is 1. The molecule has 0 aliphatic rings. The first-order valence-corrected chi connectivity index (χ1v) is 9.52. The number of ether oxygens (including phenoxy) is 3. The van der Waals surface area contributed by atoms with Crippen molar-refractivity contribution >= 4 is 40.0 Å². The predicted octanol–water partition coefficient (Wildman–Crippen LogP) is 3.24. The summed E-state index contributed by atoms with van der Waals surface area (Å²) in [6.07, 6.45) is 0. The molecular formula is C20H21NO7S. The standard InChI is InChI=1S/C20H21NO7S/c1-5-27-20(25)16-11(2)17(12(3)22)29-18(16)21-15(23)10-28-19(24)13-7-6-8-14(9-13)26-4/h6-9H,5,10H2,1-4H3,(H,21,23). The molecule has 1 aromatic carbocycles. The third kappa shape index (κ3) is 5.41. The Kier molecular flexibility index (Phi) is 7.49. The van der Waals surface area contributed by atoms with Crippen molar-refractivity contribution in [3.8, 4) is 5.75 Å². The topological polar surface area (TPSA) is 108 Å². The summed E-state index contributed by atoms with van der Waals surface area (Å²) in [4.78, 5) is 48.7. The number of rotatable bonds is 8. The summed E-state index contributed by atoms with van der Waals surface area (Å²) in [6.45, 7) is 4.22. The molecule has 0 radical (unpaired) electrons. The lowest BCUT2D eigenvalue weighted by atomic mass is 10.1. The Morgan fingerprint density at radius 3 is 2.45 bits per heavy atom. The maximum absolute atomic E-state index is 12.3. The van der Waals surface area contributed by atoms with Crippen LogP contribution in [0.3, 0.4) is 0 Å². The van der Waals surface area contributed by atoms with Crippen LogP contribution in [0.2, 0.25) is 0 Å². The normalized spacial score (nSPS) is 10.2. The Bertz CT molecular complexity index is 948. The molecule has 29 heavy (non-hydrogen) atoms. The molecule has 9 heteroatoms. The van der Waals surface area contributed by atoms with Crippen LogP contribution in [0.5, 0.6) is 5.75 Å². The second kappa shape index (κ2) is 9.83. The van der Waals surface area contributed by atoms with E-state index >= 15 is 0 Å². The smallest absolute Gasteiger partial charge is 0.341 e. The minimum atomic E-state index is -0.698. The van der Waals surface area contributed by atoms with Gasteiger partial charge < -0.3 is 19.5 Å². The van der Waals surface area contributed by atoms with Gasteiger partial charge in [0.1, 0.15) is 10.8 Å². The molecule has 0 bridgehead atoms. The predicted molar refractivity (Wildman–Crippen MR) is 107 cm³/mol. The number of anilines is 1. The van der Waals surface area contributed by atoms with Crippen molar-refractivity contribution in [2.24, 2.45) is 0 Å². The molecule has 0 saturated carbocycles. The lowest BCUT2D eigenvalue weighted by Crippen LogP contribution is -2.21. The summed E-state index contributed by atoms with van der Waals surface area (Å²) >= 11 is 0.973. The maximum atomic E-state index is 12.3. The minimum absolute atomic E-state index is 0.120. The molecule has 0 spiro atoms. The summed E-state index contributed by atoms with van der Waals surface area (Å²) in [6, 6.07) is 6.31. The number of amides is 1. The Hall–Kier alpha value is -3.20. The molecule has 1 amide bonds. The van der Waals surface area contributed by atoms with Crippen molar-refractivity contribution in [1.29, 1.82) is 0 Å². The summed E-state index contributed by atoms with van der Waals surface area (Å²) in [5.41, 5.74) is 0.786. The first-order chi connectivity index (χ1) is 13.8. The van der Waals surface area contributed by atoms with Crippen molar-refractivity contribution in [1.82, 2.24) is 0 Å². The Morgan fingerprint density at radius 1 is 1.10 bits per heavy atom. The fourth-order valence-electron chi connectivity index (χ4n) is 2.51. The fourth-order valence-corrected chi connectivity index (χ4v) is 3.62. The molecule has 0 unspecified atom stereocenters. The Labute approximate surface area is 171 Å². The van der Waals surface area contributed by atoms with E-state index in [0.29, 0.717) is 16.2 Å². The van der Waals surface area contributed by atoms with Gasteiger partial charge in [-0.1, -0.05) is 6.07 Å². The van der Waals surface area contributed by atoms with E-state index in [1.165, 1.54) is 26.2 Å². The number of hydrogen-bond acceptors (Lipinski definition) is 8. The summed E-state index contributed by atoms with van der Waals surface area (Å²) in [5.74, 6) is -1.74. The SMILES string of the molecule is CCOC(=O)c1c(NC(=O)COC(=O)c2cccc(OC)c2)sc(C(C)=O)c1C. The molecule has 8 nitrogen and oxygen atoms in total. The van der Waals surface area contributed by atoms with Crippen LogP contribution in [-0.4, -0.2) is 44.0 Å². The Balaban J connectivity index is 2.11. The first-order valence-electron chi connectivity index (χ1n) is 8.70. The largest absolute Gasteiger partial charge is 0.497 e. The average molecular weight is 419 g/mol. The van der Waals surface area contributed by atoms with Crippen LogP contribution in [0.25, 0.3) is 0 Å². The van der Waals surface area contributed by atoms with Crippen LogP contribution in [-0.2, 0) is 14.3 Å². The van der Waals surface area contributed by atoms with Crippen LogP contribution in [0.15, 0.2) is 24.3 Å². The number of carbonyl (C=O) groups excluding carboxylic acids is 4. The average Bonchev–Trinajstić information content (AvgIpc) is 3.02. The lowest BCUT2D eigenvalue weighted by molar-refractivity contribution is -0.119. The van der Waals surface area contributed by atoms with Crippen molar-refractivity contribution in [3.63, 3.8) is 0 Å². The molecule has 1 aromatic heterocycles. The first kappa shape index (κ1) is 22.1. The van der Waals surface area contributed by atoms with Gasteiger partial charge in [-0.15, -0.1) is 11.3 Å². The van der Waals surface area contributed by atoms with Gasteiger partial charge in [0.05, 0.1) is 29.7 Å². The van der Waals surface area contributed by atoms with E-state index in [0.717, 1.165) is 11.3 Å². The number of ketones is 1. The third-order valence-corrected chi connectivity index (χ3v) is 5.15. The van der Waals surface area contributed by atoms with Crippen LogP contribution in [0.4, 0.5) is 5.00 Å². The van der Waals surface area contributed by atoms with Gasteiger partial charge in [0.25, 0.3) is 5.91 Å². The van der Waals surface area contributed by atoms with E-state index in [2.05, 4.69) is 5.32 Å². The summed E-state index contributed by atoms with van der Waals surface area (Å²) < 4.78 is 15.1. The number of esters is 2. The quantitative estimate of drug-likeness (QED) is 0.517. The van der Waals surface area contributed by atoms with Gasteiger partial charge in [-0.2, -0.15) is 0 Å². The maximum Gasteiger partial charge on any atom is 0.341 e. The van der Waals surface area contributed by atoms with Gasteiger partial charge in [-0.3, -0.25) is 9.59 Å². The molecule has 0 aliphatic heterocycles. The van der Waals surface area contributed by atoms with Gasteiger partial charge in [0.2, 0.25) is 0 Å². The molecule has 0 fully saturated rings. The van der Waals surface area contributed by atoms with E-state index in [1.54, 1.807) is 26.0 Å². The number of Topliss-reactive ketones (excluding diaryl/α,β-unsaturated/α-hetero) is 1. The number of thiophene rings is 1. The molecule has 0 saturated heterocycles. The lowest BCUT2D eigenvalue weighted by Gasteiger charge is -2.08. The summed E-state index contributed by atoms with van der Waals surface area (Å²) in [7, 11) is 1.47. The highest BCUT2D eigenvalue weighted by atomic mass is 32.1. The zero-order valence-corrected chi connectivity index (χ0v) is 17.3. The van der Waals surface area contributed by atoms with Crippen molar-refractivity contribution in [2.45, 2.75) is 20.8 Å². The zero-order chi connectivity index (χ0) is 21.6. The van der Waals surface area contributed by atoms with Crippen molar-refractivity contribution in [2.75, 3.05) is 25.6 Å². The highest BCUT2D eigenvalue weighted by Crippen LogP contribution is 2.34. The highest BCUT2D eigenvalue weighted by Gasteiger charge is 2.25. The number of benzene rings is 1. The molecule has 0 aliphatic carbocycles. The van der Waals surface area contributed by atoms with Crippen LogP contribution in [0, 0.1) is 6.92 Å². The van der Waals surface area contributed by atoms with E-state index in [1.807, 2.05) is 0 Å². The molecule has 0 atom stereocenters. The number of methoxy groups -OCH3 is 1. The molecule has 1 N–H and O–H groups in total. The van der Waals surface area contributed by atoms with Gasteiger partial charge in [0.15, 0.2) is 12.4 Å². The van der Waals surface area contributed by atoms with Crippen LogP contribution in [0.1, 0.15) is 49.8 Å².